The summed E-state index contributed by atoms with van der Waals surface area (Å²) < 4.78 is 13.0. The number of rotatable bonds is 23. The highest BCUT2D eigenvalue weighted by Gasteiger charge is 2.19. The third kappa shape index (κ3) is 11.9. The summed E-state index contributed by atoms with van der Waals surface area (Å²) >= 11 is 0. The molecule has 3 rings (SSSR count). The van der Waals surface area contributed by atoms with E-state index in [0.29, 0.717) is 11.5 Å². The zero-order valence-corrected chi connectivity index (χ0v) is 27.5. The highest BCUT2D eigenvalue weighted by molar-refractivity contribution is 5.80. The lowest BCUT2D eigenvalue weighted by molar-refractivity contribution is -0.121. The molecule has 0 radical (unpaired) electrons. The number of imidazole rings is 1. The summed E-state index contributed by atoms with van der Waals surface area (Å²) in [5, 5.41) is 3.17. The minimum absolute atomic E-state index is 0.0410. The molecule has 1 N–H and O–H groups in total. The van der Waals surface area contributed by atoms with Crippen LogP contribution in [-0.4, -0.2) is 29.7 Å². The summed E-state index contributed by atoms with van der Waals surface area (Å²) in [4.78, 5) is 17.9. The highest BCUT2D eigenvalue weighted by Crippen LogP contribution is 2.28. The number of methoxy groups -OCH3 is 2. The van der Waals surface area contributed by atoms with Crippen molar-refractivity contribution in [3.8, 4) is 11.5 Å². The van der Waals surface area contributed by atoms with Gasteiger partial charge in [-0.05, 0) is 43.2 Å². The molecule has 3 aromatic rings. The first-order chi connectivity index (χ1) is 21.1. The second-order valence-corrected chi connectivity index (χ2v) is 12.1. The third-order valence-corrected chi connectivity index (χ3v) is 8.50. The van der Waals surface area contributed by atoms with Crippen LogP contribution in [0.2, 0.25) is 0 Å². The van der Waals surface area contributed by atoms with Gasteiger partial charge in [0.05, 0.1) is 37.7 Å². The molecule has 0 saturated carbocycles. The van der Waals surface area contributed by atoms with Gasteiger partial charge < -0.3 is 19.4 Å². The Hall–Kier alpha value is -3.02. The number of ether oxygens (including phenoxy) is 2. The van der Waals surface area contributed by atoms with Crippen LogP contribution in [0.4, 0.5) is 0 Å². The molecule has 1 aromatic heterocycles. The Kier molecular flexibility index (Phi) is 16.1. The van der Waals surface area contributed by atoms with Gasteiger partial charge in [0.15, 0.2) is 11.5 Å². The van der Waals surface area contributed by atoms with Gasteiger partial charge in [-0.2, -0.15) is 0 Å². The number of aromatic nitrogens is 2. The van der Waals surface area contributed by atoms with Crippen molar-refractivity contribution < 1.29 is 14.3 Å². The topological polar surface area (TPSA) is 65.4 Å². The van der Waals surface area contributed by atoms with Crippen LogP contribution in [0.5, 0.6) is 11.5 Å². The van der Waals surface area contributed by atoms with E-state index in [-0.39, 0.29) is 18.4 Å². The standard InChI is InChI=1S/C37H57N3O3/c1-5-6-7-8-9-10-11-12-13-14-15-16-17-18-19-22-27-40-33-24-21-20-23-32(33)39-37(40)30(2)38-36(41)29-31-25-26-34(42-3)35(28-31)43-4/h20-21,23-26,28,30H,5-19,22,27,29H2,1-4H3,(H,38,41). The predicted octanol–water partition coefficient (Wildman–Crippen LogP) is 9.73. The number of amides is 1. The van der Waals surface area contributed by atoms with E-state index in [1.54, 1.807) is 14.2 Å². The van der Waals surface area contributed by atoms with Gasteiger partial charge in [-0.25, -0.2) is 4.98 Å². The van der Waals surface area contributed by atoms with Crippen molar-refractivity contribution in [2.75, 3.05) is 14.2 Å². The summed E-state index contributed by atoms with van der Waals surface area (Å²) in [6.45, 7) is 5.23. The molecule has 0 fully saturated rings. The molecule has 2 aromatic carbocycles. The van der Waals surface area contributed by atoms with Crippen molar-refractivity contribution >= 4 is 16.9 Å². The molecule has 43 heavy (non-hydrogen) atoms. The van der Waals surface area contributed by atoms with E-state index in [4.69, 9.17) is 14.5 Å². The predicted molar refractivity (Wildman–Crippen MR) is 179 cm³/mol. The molecule has 0 aliphatic carbocycles. The van der Waals surface area contributed by atoms with Gasteiger partial charge in [0.25, 0.3) is 0 Å². The van der Waals surface area contributed by atoms with E-state index in [0.717, 1.165) is 35.4 Å². The number of carbonyl (C=O) groups is 1. The van der Waals surface area contributed by atoms with E-state index in [2.05, 4.69) is 35.0 Å². The van der Waals surface area contributed by atoms with Gasteiger partial charge in [-0.15, -0.1) is 0 Å². The molecule has 238 valence electrons. The molecule has 0 bridgehead atoms. The van der Waals surface area contributed by atoms with Gasteiger partial charge in [-0.3, -0.25) is 4.79 Å². The summed E-state index contributed by atoms with van der Waals surface area (Å²) in [6, 6.07) is 13.7. The van der Waals surface area contributed by atoms with E-state index >= 15 is 0 Å². The summed E-state index contributed by atoms with van der Waals surface area (Å²) in [6.07, 6.45) is 22.1. The van der Waals surface area contributed by atoms with Crippen molar-refractivity contribution in [1.82, 2.24) is 14.9 Å². The van der Waals surface area contributed by atoms with Gasteiger partial charge in [-0.1, -0.05) is 121 Å². The van der Waals surface area contributed by atoms with Crippen LogP contribution >= 0.6 is 0 Å². The Morgan fingerprint density at radius 2 is 1.33 bits per heavy atom. The Morgan fingerprint density at radius 3 is 1.91 bits per heavy atom. The second kappa shape index (κ2) is 20.0. The molecule has 6 heteroatoms. The minimum atomic E-state index is -0.193. The van der Waals surface area contributed by atoms with Crippen LogP contribution in [0.3, 0.4) is 0 Å². The van der Waals surface area contributed by atoms with Crippen molar-refractivity contribution in [1.29, 1.82) is 0 Å². The first-order valence-electron chi connectivity index (χ1n) is 17.0. The molecule has 6 nitrogen and oxygen atoms in total. The van der Waals surface area contributed by atoms with Crippen LogP contribution in [0.25, 0.3) is 11.0 Å². The number of unbranched alkanes of at least 4 members (excludes halogenated alkanes) is 15. The molecule has 1 atom stereocenters. The molecule has 1 heterocycles. The molecule has 1 unspecified atom stereocenters. The Bertz CT molecular complexity index is 1210. The van der Waals surface area contributed by atoms with Crippen molar-refractivity contribution in [2.24, 2.45) is 0 Å². The maximum atomic E-state index is 13.0. The largest absolute Gasteiger partial charge is 0.493 e. The smallest absolute Gasteiger partial charge is 0.224 e. The van der Waals surface area contributed by atoms with Gasteiger partial charge >= 0.3 is 0 Å². The fourth-order valence-electron chi connectivity index (χ4n) is 6.01. The molecule has 0 aliphatic rings. The zero-order valence-electron chi connectivity index (χ0n) is 27.5. The number of carbonyl (C=O) groups excluding carboxylic acids is 1. The number of hydrogen-bond donors (Lipinski definition) is 1. The second-order valence-electron chi connectivity index (χ2n) is 12.1. The minimum Gasteiger partial charge on any atom is -0.493 e. The van der Waals surface area contributed by atoms with E-state index in [1.165, 1.54) is 96.3 Å². The van der Waals surface area contributed by atoms with Crippen LogP contribution in [0, 0.1) is 0 Å². The van der Waals surface area contributed by atoms with Crippen molar-refractivity contribution in [3.05, 3.63) is 53.9 Å². The maximum Gasteiger partial charge on any atom is 0.224 e. The van der Waals surface area contributed by atoms with Crippen molar-refractivity contribution in [3.63, 3.8) is 0 Å². The average molecular weight is 592 g/mol. The van der Waals surface area contributed by atoms with E-state index in [9.17, 15) is 4.79 Å². The normalized spacial score (nSPS) is 12.0. The number of aryl methyl sites for hydroxylation is 1. The number of fused-ring (bicyclic) bond motifs is 1. The van der Waals surface area contributed by atoms with E-state index in [1.807, 2.05) is 31.2 Å². The van der Waals surface area contributed by atoms with E-state index < -0.39 is 0 Å². The first kappa shape index (κ1) is 34.5. The van der Waals surface area contributed by atoms with Gasteiger partial charge in [0.2, 0.25) is 5.91 Å². The quantitative estimate of drug-likeness (QED) is 0.112. The fourth-order valence-corrected chi connectivity index (χ4v) is 6.01. The SMILES string of the molecule is CCCCCCCCCCCCCCCCCCn1c(C(C)NC(=O)Cc2ccc(OC)c(OC)c2)nc2ccccc21. The molecule has 0 spiro atoms. The Balaban J connectivity index is 1.38. The highest BCUT2D eigenvalue weighted by atomic mass is 16.5. The summed E-state index contributed by atoms with van der Waals surface area (Å²) in [5.41, 5.74) is 3.00. The van der Waals surface area contributed by atoms with Crippen molar-refractivity contribution in [2.45, 2.75) is 136 Å². The molecule has 1 amide bonds. The number of nitrogens with one attached hydrogen (secondary N) is 1. The monoisotopic (exact) mass is 591 g/mol. The lowest BCUT2D eigenvalue weighted by Crippen LogP contribution is -2.30. The average Bonchev–Trinajstić information content (AvgIpc) is 3.39. The first-order valence-corrected chi connectivity index (χ1v) is 17.0. The number of nitrogens with zero attached hydrogens (tertiary/aromatic N) is 2. The zero-order chi connectivity index (χ0) is 30.7. The Labute approximate surface area is 261 Å². The molecule has 0 saturated heterocycles. The third-order valence-electron chi connectivity index (χ3n) is 8.50. The summed E-state index contributed by atoms with van der Waals surface area (Å²) in [5.74, 6) is 2.16. The number of benzene rings is 2. The molecular formula is C37H57N3O3. The molecular weight excluding hydrogens is 534 g/mol. The lowest BCUT2D eigenvalue weighted by atomic mass is 10.0. The van der Waals surface area contributed by atoms with Crippen LogP contribution < -0.4 is 14.8 Å². The lowest BCUT2D eigenvalue weighted by Gasteiger charge is -2.17. The fraction of sp³-hybridized carbons (Fsp3) is 0.622. The Morgan fingerprint density at radius 1 is 0.767 bits per heavy atom. The number of para-hydroxylation sites is 2. The van der Waals surface area contributed by atoms with Crippen LogP contribution in [0.15, 0.2) is 42.5 Å². The summed E-state index contributed by atoms with van der Waals surface area (Å²) in [7, 11) is 3.21. The van der Waals surface area contributed by atoms with Crippen LogP contribution in [0.1, 0.15) is 134 Å². The number of hydrogen-bond acceptors (Lipinski definition) is 4. The van der Waals surface area contributed by atoms with Crippen LogP contribution in [-0.2, 0) is 17.8 Å². The van der Waals surface area contributed by atoms with Gasteiger partial charge in [0, 0.05) is 6.54 Å². The maximum absolute atomic E-state index is 13.0. The molecule has 0 aliphatic heterocycles. The van der Waals surface area contributed by atoms with Gasteiger partial charge in [0.1, 0.15) is 5.82 Å².